The van der Waals surface area contributed by atoms with E-state index in [0.29, 0.717) is 10.7 Å². The van der Waals surface area contributed by atoms with Gasteiger partial charge in [0.05, 0.1) is 12.6 Å². The number of amides is 2. The monoisotopic (exact) mass is 270 g/mol. The molecule has 0 aliphatic carbocycles. The highest BCUT2D eigenvalue weighted by Crippen LogP contribution is 2.14. The summed E-state index contributed by atoms with van der Waals surface area (Å²) in [4.78, 5) is 11.7. The summed E-state index contributed by atoms with van der Waals surface area (Å²) in [5.74, 6) is 0. The van der Waals surface area contributed by atoms with Gasteiger partial charge in [0.15, 0.2) is 0 Å². The fourth-order valence-corrected chi connectivity index (χ4v) is 1.77. The average Bonchev–Trinajstić information content (AvgIpc) is 2.34. The molecule has 0 heterocycles. The van der Waals surface area contributed by atoms with Crippen molar-refractivity contribution in [2.45, 2.75) is 32.2 Å². The van der Waals surface area contributed by atoms with E-state index in [4.69, 9.17) is 16.7 Å². The van der Waals surface area contributed by atoms with Crippen LogP contribution in [0.5, 0.6) is 0 Å². The van der Waals surface area contributed by atoms with Crippen molar-refractivity contribution in [3.63, 3.8) is 0 Å². The lowest BCUT2D eigenvalue weighted by Gasteiger charge is -2.16. The predicted molar refractivity (Wildman–Crippen MR) is 74.0 cm³/mol. The van der Waals surface area contributed by atoms with E-state index in [-0.39, 0.29) is 18.7 Å². The van der Waals surface area contributed by atoms with Crippen LogP contribution in [0, 0.1) is 0 Å². The first-order valence-electron chi connectivity index (χ1n) is 6.09. The van der Waals surface area contributed by atoms with Crippen molar-refractivity contribution < 1.29 is 9.90 Å². The number of aliphatic hydroxyl groups excluding tert-OH is 1. The van der Waals surface area contributed by atoms with Crippen molar-refractivity contribution in [1.29, 1.82) is 0 Å². The molecule has 0 radical (unpaired) electrons. The Balaban J connectivity index is 2.45. The number of rotatable bonds is 6. The maximum Gasteiger partial charge on any atom is 0.319 e. The van der Waals surface area contributed by atoms with E-state index in [1.54, 1.807) is 24.3 Å². The number of nitrogens with one attached hydrogen (secondary N) is 2. The van der Waals surface area contributed by atoms with Crippen LogP contribution >= 0.6 is 11.6 Å². The zero-order valence-corrected chi connectivity index (χ0v) is 11.2. The summed E-state index contributed by atoms with van der Waals surface area (Å²) in [6, 6.07) is 6.39. The van der Waals surface area contributed by atoms with Gasteiger partial charge in [-0.2, -0.15) is 0 Å². The summed E-state index contributed by atoms with van der Waals surface area (Å²) in [7, 11) is 0. The minimum absolute atomic E-state index is 0.0526. The summed E-state index contributed by atoms with van der Waals surface area (Å²) in [6.07, 6.45) is 2.78. The van der Waals surface area contributed by atoms with Crippen molar-refractivity contribution in [3.8, 4) is 0 Å². The third-order valence-corrected chi connectivity index (χ3v) is 2.78. The number of anilines is 1. The van der Waals surface area contributed by atoms with E-state index in [0.717, 1.165) is 19.3 Å². The lowest BCUT2D eigenvalue weighted by atomic mass is 10.1. The quantitative estimate of drug-likeness (QED) is 0.744. The molecule has 2 amide bonds. The maximum atomic E-state index is 11.7. The highest BCUT2D eigenvalue weighted by molar-refractivity contribution is 6.30. The predicted octanol–water partition coefficient (Wildman–Crippen LogP) is 3.01. The standard InChI is InChI=1S/C13H19ClN2O2/c1-2-3-6-12(9-17)16-13(18)15-11-7-4-5-10(14)8-11/h4-5,7-8,12,17H,2-3,6,9H2,1H3,(H2,15,16,18). The van der Waals surface area contributed by atoms with Crippen LogP contribution in [0.3, 0.4) is 0 Å². The van der Waals surface area contributed by atoms with Gasteiger partial charge in [0.2, 0.25) is 0 Å². The van der Waals surface area contributed by atoms with Gasteiger partial charge in [0.1, 0.15) is 0 Å². The molecule has 1 atom stereocenters. The fraction of sp³-hybridized carbons (Fsp3) is 0.462. The number of hydrogen-bond acceptors (Lipinski definition) is 2. The van der Waals surface area contributed by atoms with Crippen molar-refractivity contribution in [2.24, 2.45) is 0 Å². The van der Waals surface area contributed by atoms with Crippen LogP contribution in [-0.4, -0.2) is 23.8 Å². The Bertz CT molecular complexity index is 385. The summed E-state index contributed by atoms with van der Waals surface area (Å²) in [6.45, 7) is 2.02. The zero-order chi connectivity index (χ0) is 13.4. The van der Waals surface area contributed by atoms with Gasteiger partial charge in [-0.25, -0.2) is 4.79 Å². The maximum absolute atomic E-state index is 11.7. The molecule has 3 N–H and O–H groups in total. The van der Waals surface area contributed by atoms with E-state index in [2.05, 4.69) is 17.6 Å². The van der Waals surface area contributed by atoms with Crippen LogP contribution in [0.4, 0.5) is 10.5 Å². The zero-order valence-electron chi connectivity index (χ0n) is 10.4. The van der Waals surface area contributed by atoms with E-state index in [1.165, 1.54) is 0 Å². The van der Waals surface area contributed by atoms with Gasteiger partial charge in [-0.1, -0.05) is 37.4 Å². The second kappa shape index (κ2) is 7.95. The van der Waals surface area contributed by atoms with E-state index in [1.807, 2.05) is 0 Å². The molecule has 18 heavy (non-hydrogen) atoms. The Labute approximate surface area is 112 Å². The molecule has 0 bridgehead atoms. The molecule has 0 fully saturated rings. The molecule has 0 spiro atoms. The number of aliphatic hydroxyl groups is 1. The van der Waals surface area contributed by atoms with Crippen molar-refractivity contribution in [2.75, 3.05) is 11.9 Å². The minimum atomic E-state index is -0.326. The Morgan fingerprint density at radius 1 is 1.50 bits per heavy atom. The van der Waals surface area contributed by atoms with Crippen molar-refractivity contribution in [1.82, 2.24) is 5.32 Å². The Morgan fingerprint density at radius 3 is 2.89 bits per heavy atom. The van der Waals surface area contributed by atoms with Gasteiger partial charge in [-0.3, -0.25) is 0 Å². The first kappa shape index (κ1) is 14.8. The molecule has 1 unspecified atom stereocenters. The van der Waals surface area contributed by atoms with Crippen LogP contribution in [0.1, 0.15) is 26.2 Å². The topological polar surface area (TPSA) is 61.4 Å². The average molecular weight is 271 g/mol. The second-order valence-electron chi connectivity index (χ2n) is 4.13. The molecule has 1 aromatic carbocycles. The van der Waals surface area contributed by atoms with Gasteiger partial charge in [0.25, 0.3) is 0 Å². The van der Waals surface area contributed by atoms with Crippen LogP contribution < -0.4 is 10.6 Å². The largest absolute Gasteiger partial charge is 0.394 e. The summed E-state index contributed by atoms with van der Waals surface area (Å²) < 4.78 is 0. The summed E-state index contributed by atoms with van der Waals surface area (Å²) in [5, 5.41) is 15.1. The highest BCUT2D eigenvalue weighted by Gasteiger charge is 2.10. The third-order valence-electron chi connectivity index (χ3n) is 2.54. The van der Waals surface area contributed by atoms with Crippen molar-refractivity contribution in [3.05, 3.63) is 29.3 Å². The van der Waals surface area contributed by atoms with Gasteiger partial charge in [-0.05, 0) is 24.6 Å². The lowest BCUT2D eigenvalue weighted by molar-refractivity contribution is 0.219. The van der Waals surface area contributed by atoms with Crippen molar-refractivity contribution >= 4 is 23.3 Å². The van der Waals surface area contributed by atoms with E-state index in [9.17, 15) is 4.79 Å². The Morgan fingerprint density at radius 2 is 2.28 bits per heavy atom. The second-order valence-corrected chi connectivity index (χ2v) is 4.57. The van der Waals surface area contributed by atoms with Crippen LogP contribution in [-0.2, 0) is 0 Å². The normalized spacial score (nSPS) is 11.9. The van der Waals surface area contributed by atoms with E-state index >= 15 is 0 Å². The van der Waals surface area contributed by atoms with Gasteiger partial charge >= 0.3 is 6.03 Å². The van der Waals surface area contributed by atoms with Gasteiger partial charge in [-0.15, -0.1) is 0 Å². The molecule has 0 aliphatic heterocycles. The van der Waals surface area contributed by atoms with Crippen LogP contribution in [0.15, 0.2) is 24.3 Å². The summed E-state index contributed by atoms with van der Waals surface area (Å²) >= 11 is 5.82. The minimum Gasteiger partial charge on any atom is -0.394 e. The van der Waals surface area contributed by atoms with Crippen LogP contribution in [0.2, 0.25) is 5.02 Å². The van der Waals surface area contributed by atoms with Gasteiger partial charge < -0.3 is 15.7 Å². The number of unbranched alkanes of at least 4 members (excludes halogenated alkanes) is 1. The smallest absolute Gasteiger partial charge is 0.319 e. The molecule has 0 aliphatic rings. The molecular weight excluding hydrogens is 252 g/mol. The first-order valence-corrected chi connectivity index (χ1v) is 6.47. The molecule has 4 nitrogen and oxygen atoms in total. The fourth-order valence-electron chi connectivity index (χ4n) is 1.58. The number of carbonyl (C=O) groups excluding carboxylic acids is 1. The molecule has 1 aromatic rings. The van der Waals surface area contributed by atoms with Gasteiger partial charge in [0, 0.05) is 10.7 Å². The number of carbonyl (C=O) groups is 1. The highest BCUT2D eigenvalue weighted by atomic mass is 35.5. The first-order chi connectivity index (χ1) is 8.65. The molecule has 100 valence electrons. The number of hydrogen-bond donors (Lipinski definition) is 3. The Kier molecular flexibility index (Phi) is 6.54. The van der Waals surface area contributed by atoms with Crippen LogP contribution in [0.25, 0.3) is 0 Å². The molecule has 0 aromatic heterocycles. The SMILES string of the molecule is CCCCC(CO)NC(=O)Nc1cccc(Cl)c1. The third kappa shape index (κ3) is 5.38. The number of halogens is 1. The lowest BCUT2D eigenvalue weighted by Crippen LogP contribution is -2.40. The summed E-state index contributed by atoms with van der Waals surface area (Å²) in [5.41, 5.74) is 0.632. The molecule has 1 rings (SSSR count). The molecule has 0 saturated heterocycles. The van der Waals surface area contributed by atoms with E-state index < -0.39 is 0 Å². The molecule has 5 heteroatoms. The Hall–Kier alpha value is -1.26. The molecule has 0 saturated carbocycles. The number of benzene rings is 1. The number of urea groups is 1. The molecular formula is C13H19ClN2O2.